The highest BCUT2D eigenvalue weighted by atomic mass is 35.5. The van der Waals surface area contributed by atoms with Gasteiger partial charge in [-0.2, -0.15) is 0 Å². The van der Waals surface area contributed by atoms with Crippen molar-refractivity contribution in [2.75, 3.05) is 0 Å². The van der Waals surface area contributed by atoms with Crippen LogP contribution in [-0.2, 0) is 0 Å². The van der Waals surface area contributed by atoms with Gasteiger partial charge in [0.15, 0.2) is 0 Å². The molecule has 0 amide bonds. The molecule has 0 aliphatic rings. The Morgan fingerprint density at radius 3 is 2.67 bits per heavy atom. The molecule has 1 aromatic heterocycles. The van der Waals surface area contributed by atoms with Gasteiger partial charge in [-0.3, -0.25) is 0 Å². The van der Waals surface area contributed by atoms with Crippen LogP contribution in [0.2, 0.25) is 5.02 Å². The van der Waals surface area contributed by atoms with E-state index in [4.69, 9.17) is 22.1 Å². The molecule has 1 heterocycles. The summed E-state index contributed by atoms with van der Waals surface area (Å²) in [5, 5.41) is 0.202. The molecule has 5 heteroatoms. The average molecular weight is 267 g/mol. The van der Waals surface area contributed by atoms with Crippen LogP contribution in [0.5, 0.6) is 11.6 Å². The number of benzene rings is 1. The standard InChI is InChI=1S/C13H12ClFN2O/c1-8(16)9-2-5-13(17-7-9)18-12-4-3-10(15)6-11(12)14/h2-8H,16H2,1H3. The molecule has 0 radical (unpaired) electrons. The SMILES string of the molecule is CC(N)c1ccc(Oc2ccc(F)cc2Cl)nc1. The first-order chi connectivity index (χ1) is 8.56. The van der Waals surface area contributed by atoms with Crippen molar-refractivity contribution < 1.29 is 9.13 Å². The maximum atomic E-state index is 12.9. The highest BCUT2D eigenvalue weighted by molar-refractivity contribution is 6.32. The predicted octanol–water partition coefficient (Wildman–Crippen LogP) is 3.69. The van der Waals surface area contributed by atoms with Gasteiger partial charge in [0.2, 0.25) is 5.88 Å². The number of halogens is 2. The lowest BCUT2D eigenvalue weighted by atomic mass is 10.2. The lowest BCUT2D eigenvalue weighted by Crippen LogP contribution is -2.05. The van der Waals surface area contributed by atoms with Crippen LogP contribution in [-0.4, -0.2) is 4.98 Å². The van der Waals surface area contributed by atoms with E-state index in [-0.39, 0.29) is 11.1 Å². The van der Waals surface area contributed by atoms with Crippen molar-refractivity contribution in [1.82, 2.24) is 4.98 Å². The molecular weight excluding hydrogens is 255 g/mol. The van der Waals surface area contributed by atoms with Gasteiger partial charge in [-0.05, 0) is 30.7 Å². The fourth-order valence-electron chi connectivity index (χ4n) is 1.39. The summed E-state index contributed by atoms with van der Waals surface area (Å²) in [7, 11) is 0. The van der Waals surface area contributed by atoms with Crippen molar-refractivity contribution in [3.8, 4) is 11.6 Å². The minimum absolute atomic E-state index is 0.0824. The molecule has 2 aromatic rings. The minimum Gasteiger partial charge on any atom is -0.437 e. The molecule has 1 aromatic carbocycles. The Hall–Kier alpha value is -1.65. The van der Waals surface area contributed by atoms with E-state index < -0.39 is 5.82 Å². The van der Waals surface area contributed by atoms with Crippen LogP contribution >= 0.6 is 11.6 Å². The third kappa shape index (κ3) is 2.97. The summed E-state index contributed by atoms with van der Waals surface area (Å²) >= 11 is 5.85. The number of hydrogen-bond donors (Lipinski definition) is 1. The summed E-state index contributed by atoms with van der Waals surface area (Å²) in [6, 6.07) is 7.35. The summed E-state index contributed by atoms with van der Waals surface area (Å²) in [6.45, 7) is 1.87. The summed E-state index contributed by atoms with van der Waals surface area (Å²) in [4.78, 5) is 4.10. The van der Waals surface area contributed by atoms with Crippen molar-refractivity contribution in [1.29, 1.82) is 0 Å². The summed E-state index contributed by atoms with van der Waals surface area (Å²) in [5.41, 5.74) is 6.62. The van der Waals surface area contributed by atoms with E-state index in [0.717, 1.165) is 5.56 Å². The van der Waals surface area contributed by atoms with Crippen LogP contribution in [0.1, 0.15) is 18.5 Å². The number of aromatic nitrogens is 1. The molecule has 0 aliphatic heterocycles. The molecule has 0 saturated carbocycles. The maximum absolute atomic E-state index is 12.9. The fourth-order valence-corrected chi connectivity index (χ4v) is 1.60. The maximum Gasteiger partial charge on any atom is 0.219 e. The van der Waals surface area contributed by atoms with Crippen molar-refractivity contribution in [3.05, 3.63) is 52.9 Å². The Bertz CT molecular complexity index is 543. The molecule has 0 bridgehead atoms. The van der Waals surface area contributed by atoms with Gasteiger partial charge >= 0.3 is 0 Å². The quantitative estimate of drug-likeness (QED) is 0.922. The summed E-state index contributed by atoms with van der Waals surface area (Å²) in [6.07, 6.45) is 1.64. The van der Waals surface area contributed by atoms with Crippen LogP contribution in [0.25, 0.3) is 0 Å². The van der Waals surface area contributed by atoms with E-state index in [1.165, 1.54) is 18.2 Å². The van der Waals surface area contributed by atoms with Gasteiger partial charge in [-0.25, -0.2) is 9.37 Å². The number of nitrogens with zero attached hydrogens (tertiary/aromatic N) is 1. The normalized spacial score (nSPS) is 12.2. The van der Waals surface area contributed by atoms with Gasteiger partial charge in [-0.15, -0.1) is 0 Å². The number of ether oxygens (including phenoxy) is 1. The highest BCUT2D eigenvalue weighted by Crippen LogP contribution is 2.29. The van der Waals surface area contributed by atoms with Crippen molar-refractivity contribution in [2.45, 2.75) is 13.0 Å². The summed E-state index contributed by atoms with van der Waals surface area (Å²) in [5.74, 6) is 0.333. The number of pyridine rings is 1. The molecule has 0 aliphatic carbocycles. The number of nitrogens with two attached hydrogens (primary N) is 1. The number of hydrogen-bond acceptors (Lipinski definition) is 3. The van der Waals surface area contributed by atoms with Gasteiger partial charge in [0, 0.05) is 18.3 Å². The summed E-state index contributed by atoms with van der Waals surface area (Å²) < 4.78 is 18.3. The second-order valence-electron chi connectivity index (χ2n) is 3.90. The second-order valence-corrected chi connectivity index (χ2v) is 4.30. The molecular formula is C13H12ClFN2O. The highest BCUT2D eigenvalue weighted by Gasteiger charge is 2.06. The van der Waals surface area contributed by atoms with Crippen LogP contribution in [0, 0.1) is 5.82 Å². The molecule has 1 unspecified atom stereocenters. The molecule has 2 N–H and O–H groups in total. The largest absolute Gasteiger partial charge is 0.437 e. The first kappa shape index (κ1) is 12.8. The zero-order chi connectivity index (χ0) is 13.1. The topological polar surface area (TPSA) is 48.1 Å². The first-order valence-corrected chi connectivity index (χ1v) is 5.78. The van der Waals surface area contributed by atoms with E-state index in [1.807, 2.05) is 13.0 Å². The minimum atomic E-state index is -0.410. The number of rotatable bonds is 3. The van der Waals surface area contributed by atoms with E-state index >= 15 is 0 Å². The zero-order valence-electron chi connectivity index (χ0n) is 9.73. The van der Waals surface area contributed by atoms with Gasteiger partial charge in [-0.1, -0.05) is 17.7 Å². The van der Waals surface area contributed by atoms with Crippen molar-refractivity contribution in [3.63, 3.8) is 0 Å². The second kappa shape index (κ2) is 5.33. The molecule has 0 saturated heterocycles. The monoisotopic (exact) mass is 266 g/mol. The molecule has 0 fully saturated rings. The van der Waals surface area contributed by atoms with E-state index in [1.54, 1.807) is 12.3 Å². The lowest BCUT2D eigenvalue weighted by molar-refractivity contribution is 0.461. The van der Waals surface area contributed by atoms with Gasteiger partial charge in [0.1, 0.15) is 11.6 Å². The molecule has 3 nitrogen and oxygen atoms in total. The smallest absolute Gasteiger partial charge is 0.219 e. The lowest BCUT2D eigenvalue weighted by Gasteiger charge is -2.08. The molecule has 0 spiro atoms. The van der Waals surface area contributed by atoms with E-state index in [2.05, 4.69) is 4.98 Å². The van der Waals surface area contributed by atoms with Gasteiger partial charge < -0.3 is 10.5 Å². The van der Waals surface area contributed by atoms with Crippen LogP contribution in [0.4, 0.5) is 4.39 Å². The van der Waals surface area contributed by atoms with Gasteiger partial charge in [0.05, 0.1) is 5.02 Å². The first-order valence-electron chi connectivity index (χ1n) is 5.40. The zero-order valence-corrected chi connectivity index (χ0v) is 10.5. The van der Waals surface area contributed by atoms with Crippen molar-refractivity contribution in [2.24, 2.45) is 5.73 Å². The molecule has 18 heavy (non-hydrogen) atoms. The average Bonchev–Trinajstić information content (AvgIpc) is 2.33. The third-order valence-corrected chi connectivity index (χ3v) is 2.69. The Kier molecular flexibility index (Phi) is 3.79. The third-order valence-electron chi connectivity index (χ3n) is 2.39. The van der Waals surface area contributed by atoms with Crippen LogP contribution < -0.4 is 10.5 Å². The Morgan fingerprint density at radius 2 is 2.11 bits per heavy atom. The predicted molar refractivity (Wildman–Crippen MR) is 68.3 cm³/mol. The molecule has 2 rings (SSSR count). The molecule has 94 valence electrons. The van der Waals surface area contributed by atoms with Gasteiger partial charge in [0.25, 0.3) is 0 Å². The van der Waals surface area contributed by atoms with Crippen LogP contribution in [0.3, 0.4) is 0 Å². The Labute approximate surface area is 109 Å². The Balaban J connectivity index is 2.18. The Morgan fingerprint density at radius 1 is 1.33 bits per heavy atom. The van der Waals surface area contributed by atoms with Crippen LogP contribution in [0.15, 0.2) is 36.5 Å². The van der Waals surface area contributed by atoms with E-state index in [0.29, 0.717) is 11.6 Å². The fraction of sp³-hybridized carbons (Fsp3) is 0.154. The van der Waals surface area contributed by atoms with E-state index in [9.17, 15) is 4.39 Å². The van der Waals surface area contributed by atoms with Crippen molar-refractivity contribution >= 4 is 11.6 Å². The molecule has 1 atom stereocenters.